The molecule has 108 valence electrons. The highest BCUT2D eigenvalue weighted by Gasteiger charge is 2.47. The quantitative estimate of drug-likeness (QED) is 0.787. The normalized spacial score (nSPS) is 22.1. The van der Waals surface area contributed by atoms with Crippen molar-refractivity contribution in [1.29, 1.82) is 0 Å². The van der Waals surface area contributed by atoms with Gasteiger partial charge >= 0.3 is 11.9 Å². The first-order valence-corrected chi connectivity index (χ1v) is 6.40. The highest BCUT2D eigenvalue weighted by Crippen LogP contribution is 2.32. The smallest absolute Gasteiger partial charge is 0.348 e. The first-order chi connectivity index (χ1) is 9.45. The topological polar surface area (TPSA) is 61.8 Å². The molecular weight excluding hydrogens is 260 g/mol. The van der Waals surface area contributed by atoms with Crippen molar-refractivity contribution in [1.82, 2.24) is 0 Å². The summed E-state index contributed by atoms with van der Waals surface area (Å²) in [6, 6.07) is 9.00. The number of cyclic esters (lactones) is 1. The third-order valence-electron chi connectivity index (χ3n) is 3.30. The second kappa shape index (κ2) is 5.63. The first kappa shape index (κ1) is 14.5. The van der Waals surface area contributed by atoms with E-state index in [1.54, 1.807) is 12.1 Å². The van der Waals surface area contributed by atoms with Crippen LogP contribution in [0.2, 0.25) is 0 Å². The van der Waals surface area contributed by atoms with Crippen LogP contribution in [0.1, 0.15) is 25.5 Å². The maximum Gasteiger partial charge on any atom is 0.348 e. The molecule has 0 aromatic heterocycles. The van der Waals surface area contributed by atoms with Gasteiger partial charge in [0.15, 0.2) is 6.10 Å². The maximum absolute atomic E-state index is 12.2. The van der Waals surface area contributed by atoms with Crippen LogP contribution < -0.4 is 0 Å². The summed E-state index contributed by atoms with van der Waals surface area (Å²) in [7, 11) is 1.43. The highest BCUT2D eigenvalue weighted by molar-refractivity contribution is 5.84. The molecule has 1 heterocycles. The Labute approximate surface area is 117 Å². The average Bonchev–Trinajstić information content (AvgIpc) is 2.68. The molecule has 1 aromatic rings. The summed E-state index contributed by atoms with van der Waals surface area (Å²) in [5, 5.41) is 0. The van der Waals surface area contributed by atoms with Gasteiger partial charge in [0.25, 0.3) is 0 Å². The van der Waals surface area contributed by atoms with E-state index in [1.165, 1.54) is 7.11 Å². The van der Waals surface area contributed by atoms with Crippen LogP contribution in [-0.4, -0.2) is 31.8 Å². The molecular formula is C15H18O5. The fourth-order valence-corrected chi connectivity index (χ4v) is 2.11. The fraction of sp³-hybridized carbons (Fsp3) is 0.467. The standard InChI is InChI=1S/C15H18O5/c1-15(2)9-19-14(17)12(15)20-13(16)11(18-3)10-7-5-4-6-8-10/h4-8,11-12H,9H2,1-3H3/t11-,12-/m0/s1. The molecule has 0 unspecified atom stereocenters. The molecule has 0 radical (unpaired) electrons. The first-order valence-electron chi connectivity index (χ1n) is 6.40. The number of hydrogen-bond acceptors (Lipinski definition) is 5. The number of hydrogen-bond donors (Lipinski definition) is 0. The average molecular weight is 278 g/mol. The van der Waals surface area contributed by atoms with E-state index in [0.29, 0.717) is 5.56 Å². The van der Waals surface area contributed by atoms with Gasteiger partial charge in [0.1, 0.15) is 6.61 Å². The molecule has 2 rings (SSSR count). The summed E-state index contributed by atoms with van der Waals surface area (Å²) in [6.07, 6.45) is -1.74. The number of methoxy groups -OCH3 is 1. The van der Waals surface area contributed by atoms with Crippen molar-refractivity contribution >= 4 is 11.9 Å². The van der Waals surface area contributed by atoms with Gasteiger partial charge in [0.05, 0.1) is 0 Å². The molecule has 2 atom stereocenters. The Kier molecular flexibility index (Phi) is 4.09. The molecule has 1 aliphatic heterocycles. The molecule has 1 aliphatic rings. The van der Waals surface area contributed by atoms with E-state index in [9.17, 15) is 9.59 Å². The zero-order valence-corrected chi connectivity index (χ0v) is 11.8. The van der Waals surface area contributed by atoms with Crippen LogP contribution in [0.3, 0.4) is 0 Å². The highest BCUT2D eigenvalue weighted by atomic mass is 16.6. The van der Waals surface area contributed by atoms with E-state index in [1.807, 2.05) is 32.0 Å². The van der Waals surface area contributed by atoms with E-state index in [4.69, 9.17) is 14.2 Å². The molecule has 0 amide bonds. The second-order valence-corrected chi connectivity index (χ2v) is 5.44. The molecule has 5 heteroatoms. The number of carbonyl (C=O) groups is 2. The minimum Gasteiger partial charge on any atom is -0.462 e. The van der Waals surface area contributed by atoms with E-state index in [0.717, 1.165) is 0 Å². The summed E-state index contributed by atoms with van der Waals surface area (Å²) >= 11 is 0. The number of benzene rings is 1. The Morgan fingerprint density at radius 3 is 2.50 bits per heavy atom. The van der Waals surface area contributed by atoms with Gasteiger partial charge in [0.2, 0.25) is 6.10 Å². The molecule has 1 saturated heterocycles. The lowest BCUT2D eigenvalue weighted by molar-refractivity contribution is -0.171. The van der Waals surface area contributed by atoms with Crippen LogP contribution in [0.5, 0.6) is 0 Å². The van der Waals surface area contributed by atoms with Crippen molar-refractivity contribution in [2.75, 3.05) is 13.7 Å². The van der Waals surface area contributed by atoms with Crippen LogP contribution in [0, 0.1) is 5.41 Å². The largest absolute Gasteiger partial charge is 0.462 e. The van der Waals surface area contributed by atoms with Crippen molar-refractivity contribution in [2.45, 2.75) is 26.1 Å². The van der Waals surface area contributed by atoms with Crippen LogP contribution >= 0.6 is 0 Å². The van der Waals surface area contributed by atoms with Crippen LogP contribution in [0.25, 0.3) is 0 Å². The monoisotopic (exact) mass is 278 g/mol. The van der Waals surface area contributed by atoms with Crippen molar-refractivity contribution in [3.05, 3.63) is 35.9 Å². The lowest BCUT2D eigenvalue weighted by atomic mass is 9.90. The van der Waals surface area contributed by atoms with Gasteiger partial charge in [0, 0.05) is 12.5 Å². The molecule has 0 N–H and O–H groups in total. The Morgan fingerprint density at radius 2 is 2.00 bits per heavy atom. The number of rotatable bonds is 4. The molecule has 0 saturated carbocycles. The zero-order chi connectivity index (χ0) is 14.8. The van der Waals surface area contributed by atoms with E-state index < -0.39 is 29.6 Å². The third-order valence-corrected chi connectivity index (χ3v) is 3.30. The summed E-state index contributed by atoms with van der Waals surface area (Å²) < 4.78 is 15.4. The van der Waals surface area contributed by atoms with Crippen molar-refractivity contribution in [3.63, 3.8) is 0 Å². The van der Waals surface area contributed by atoms with E-state index in [2.05, 4.69) is 0 Å². The van der Waals surface area contributed by atoms with E-state index >= 15 is 0 Å². The lowest BCUT2D eigenvalue weighted by Crippen LogP contribution is -2.36. The number of esters is 2. The van der Waals surface area contributed by atoms with Crippen LogP contribution in [-0.2, 0) is 23.8 Å². The van der Waals surface area contributed by atoms with Crippen LogP contribution in [0.4, 0.5) is 0 Å². The third kappa shape index (κ3) is 2.82. The summed E-state index contributed by atoms with van der Waals surface area (Å²) in [5.41, 5.74) is 0.158. The number of carbonyl (C=O) groups excluding carboxylic acids is 2. The molecule has 5 nitrogen and oxygen atoms in total. The minimum absolute atomic E-state index is 0.243. The predicted molar refractivity (Wildman–Crippen MR) is 70.8 cm³/mol. The maximum atomic E-state index is 12.2. The van der Waals surface area contributed by atoms with Gasteiger partial charge in [-0.25, -0.2) is 9.59 Å². The van der Waals surface area contributed by atoms with Crippen molar-refractivity contribution in [3.8, 4) is 0 Å². The molecule has 0 spiro atoms. The fourth-order valence-electron chi connectivity index (χ4n) is 2.11. The van der Waals surface area contributed by atoms with Crippen LogP contribution in [0.15, 0.2) is 30.3 Å². The number of ether oxygens (including phenoxy) is 3. The van der Waals surface area contributed by atoms with Crippen molar-refractivity contribution < 1.29 is 23.8 Å². The van der Waals surface area contributed by atoms with Gasteiger partial charge < -0.3 is 14.2 Å². The molecule has 0 aliphatic carbocycles. The Bertz CT molecular complexity index is 494. The molecule has 1 fully saturated rings. The summed E-state index contributed by atoms with van der Waals surface area (Å²) in [5.74, 6) is -1.10. The minimum atomic E-state index is -0.892. The van der Waals surface area contributed by atoms with Crippen molar-refractivity contribution in [2.24, 2.45) is 5.41 Å². The Morgan fingerprint density at radius 1 is 1.35 bits per heavy atom. The Hall–Kier alpha value is -1.88. The summed E-state index contributed by atoms with van der Waals surface area (Å²) in [4.78, 5) is 23.8. The molecule has 20 heavy (non-hydrogen) atoms. The van der Waals surface area contributed by atoms with Gasteiger partial charge in [-0.05, 0) is 5.56 Å². The SMILES string of the molecule is CO[C@H](C(=O)O[C@H]1C(=O)OCC1(C)C)c1ccccc1. The van der Waals surface area contributed by atoms with Gasteiger partial charge in [-0.3, -0.25) is 0 Å². The van der Waals surface area contributed by atoms with E-state index in [-0.39, 0.29) is 6.61 Å². The second-order valence-electron chi connectivity index (χ2n) is 5.44. The van der Waals surface area contributed by atoms with Gasteiger partial charge in [-0.1, -0.05) is 44.2 Å². The summed E-state index contributed by atoms with van der Waals surface area (Å²) in [6.45, 7) is 3.88. The lowest BCUT2D eigenvalue weighted by Gasteiger charge is -2.24. The molecule has 1 aromatic carbocycles. The Balaban J connectivity index is 2.13. The predicted octanol–water partition coefficient (Wildman–Crippen LogP) is 1.87. The van der Waals surface area contributed by atoms with Gasteiger partial charge in [-0.2, -0.15) is 0 Å². The zero-order valence-electron chi connectivity index (χ0n) is 11.8. The van der Waals surface area contributed by atoms with Gasteiger partial charge in [-0.15, -0.1) is 0 Å². The molecule has 0 bridgehead atoms.